The van der Waals surface area contributed by atoms with E-state index in [2.05, 4.69) is 0 Å². The largest absolute Gasteiger partial charge is 0.388 e. The zero-order chi connectivity index (χ0) is 15.2. The molecule has 0 aliphatic carbocycles. The second-order valence-electron chi connectivity index (χ2n) is 5.58. The van der Waals surface area contributed by atoms with Crippen molar-refractivity contribution in [3.05, 3.63) is 35.9 Å². The summed E-state index contributed by atoms with van der Waals surface area (Å²) < 4.78 is 4.92. The second-order valence-corrected chi connectivity index (χ2v) is 5.58. The average molecular weight is 292 g/mol. The predicted molar refractivity (Wildman–Crippen MR) is 80.6 cm³/mol. The Balaban J connectivity index is 1.87. The van der Waals surface area contributed by atoms with Crippen molar-refractivity contribution >= 4 is 5.91 Å². The van der Waals surface area contributed by atoms with Gasteiger partial charge in [-0.2, -0.15) is 0 Å². The molecule has 1 aliphatic heterocycles. The van der Waals surface area contributed by atoms with Crippen molar-refractivity contribution in [3.63, 3.8) is 0 Å². The highest BCUT2D eigenvalue weighted by molar-refractivity contribution is 5.81. The van der Waals surface area contributed by atoms with E-state index in [1.54, 1.807) is 4.90 Å². The first-order valence-corrected chi connectivity index (χ1v) is 7.39. The van der Waals surface area contributed by atoms with E-state index >= 15 is 0 Å². The van der Waals surface area contributed by atoms with Crippen LogP contribution in [0.25, 0.3) is 0 Å². The normalized spacial score (nSPS) is 19.3. The fourth-order valence-corrected chi connectivity index (χ4v) is 2.84. The molecule has 5 heteroatoms. The lowest BCUT2D eigenvalue weighted by Crippen LogP contribution is -2.49. The zero-order valence-corrected chi connectivity index (χ0v) is 12.4. The van der Waals surface area contributed by atoms with Crippen LogP contribution in [0.2, 0.25) is 0 Å². The predicted octanol–water partition coefficient (Wildman–Crippen LogP) is 0.932. The molecule has 0 aromatic heterocycles. The molecule has 1 heterocycles. The Morgan fingerprint density at radius 3 is 2.57 bits per heavy atom. The van der Waals surface area contributed by atoms with E-state index < -0.39 is 12.1 Å². The number of amides is 1. The van der Waals surface area contributed by atoms with Gasteiger partial charge in [-0.1, -0.05) is 30.3 Å². The van der Waals surface area contributed by atoms with Gasteiger partial charge in [-0.05, 0) is 24.3 Å². The molecule has 1 aromatic rings. The molecule has 2 atom stereocenters. The number of hydrogen-bond acceptors (Lipinski definition) is 4. The van der Waals surface area contributed by atoms with Gasteiger partial charge in [0.05, 0.1) is 12.7 Å². The van der Waals surface area contributed by atoms with E-state index in [0.717, 1.165) is 18.4 Å². The van der Waals surface area contributed by atoms with Crippen molar-refractivity contribution in [1.82, 2.24) is 4.90 Å². The monoisotopic (exact) mass is 292 g/mol. The van der Waals surface area contributed by atoms with Gasteiger partial charge in [0, 0.05) is 20.2 Å². The molecule has 21 heavy (non-hydrogen) atoms. The Labute approximate surface area is 125 Å². The van der Waals surface area contributed by atoms with Gasteiger partial charge in [0.2, 0.25) is 5.91 Å². The molecule has 0 radical (unpaired) electrons. The number of nitrogens with two attached hydrogens (primary N) is 1. The molecule has 0 saturated carbocycles. The molecule has 1 saturated heterocycles. The van der Waals surface area contributed by atoms with Crippen LogP contribution in [-0.4, -0.2) is 48.8 Å². The number of aliphatic hydroxyl groups is 1. The quantitative estimate of drug-likeness (QED) is 0.846. The van der Waals surface area contributed by atoms with Gasteiger partial charge in [0.1, 0.15) is 6.04 Å². The summed E-state index contributed by atoms with van der Waals surface area (Å²) in [6, 6.07) is 9.09. The number of carbonyl (C=O) groups is 1. The van der Waals surface area contributed by atoms with Crippen LogP contribution >= 0.6 is 0 Å². The highest BCUT2D eigenvalue weighted by atomic mass is 16.5. The van der Waals surface area contributed by atoms with Crippen LogP contribution in [0.15, 0.2) is 30.3 Å². The number of aliphatic hydroxyl groups excluding tert-OH is 1. The minimum absolute atomic E-state index is 0.0653. The molecule has 0 spiro atoms. The molecule has 1 aromatic carbocycles. The Bertz CT molecular complexity index is 444. The smallest absolute Gasteiger partial charge is 0.241 e. The number of hydrogen-bond donors (Lipinski definition) is 2. The van der Waals surface area contributed by atoms with Gasteiger partial charge in [0.25, 0.3) is 0 Å². The molecule has 1 fully saturated rings. The lowest BCUT2D eigenvalue weighted by Gasteiger charge is -2.35. The first kappa shape index (κ1) is 15.9. The molecular formula is C16H24N2O3. The number of ether oxygens (including phenoxy) is 1. The second kappa shape index (κ2) is 7.54. The van der Waals surface area contributed by atoms with Gasteiger partial charge in [0.15, 0.2) is 0 Å². The van der Waals surface area contributed by atoms with E-state index in [4.69, 9.17) is 10.5 Å². The first-order valence-electron chi connectivity index (χ1n) is 7.39. The lowest BCUT2D eigenvalue weighted by atomic mass is 9.87. The highest BCUT2D eigenvalue weighted by Crippen LogP contribution is 2.30. The molecule has 3 N–H and O–H groups in total. The summed E-state index contributed by atoms with van der Waals surface area (Å²) in [5.41, 5.74) is 6.72. The van der Waals surface area contributed by atoms with Crippen molar-refractivity contribution in [2.24, 2.45) is 11.7 Å². The third-order valence-corrected chi connectivity index (χ3v) is 4.10. The van der Waals surface area contributed by atoms with E-state index in [9.17, 15) is 9.90 Å². The molecule has 2 unspecified atom stereocenters. The highest BCUT2D eigenvalue weighted by Gasteiger charge is 2.30. The molecular weight excluding hydrogens is 268 g/mol. The number of likely N-dealkylation sites (tertiary alicyclic amines) is 1. The number of methoxy groups -OCH3 is 1. The summed E-state index contributed by atoms with van der Waals surface area (Å²) in [5.74, 6) is 0.125. The van der Waals surface area contributed by atoms with Crippen molar-refractivity contribution < 1.29 is 14.6 Å². The fourth-order valence-electron chi connectivity index (χ4n) is 2.84. The van der Waals surface area contributed by atoms with Crippen LogP contribution in [0.4, 0.5) is 0 Å². The number of benzene rings is 1. The molecule has 116 valence electrons. The van der Waals surface area contributed by atoms with Gasteiger partial charge in [-0.25, -0.2) is 0 Å². The maximum absolute atomic E-state index is 12.1. The van der Waals surface area contributed by atoms with Gasteiger partial charge >= 0.3 is 0 Å². The Morgan fingerprint density at radius 2 is 2.00 bits per heavy atom. The van der Waals surface area contributed by atoms with Crippen LogP contribution in [-0.2, 0) is 9.53 Å². The van der Waals surface area contributed by atoms with Gasteiger partial charge in [-0.15, -0.1) is 0 Å². The van der Waals surface area contributed by atoms with Crippen molar-refractivity contribution in [3.8, 4) is 0 Å². The Kier molecular flexibility index (Phi) is 5.73. The van der Waals surface area contributed by atoms with Crippen LogP contribution in [0.5, 0.6) is 0 Å². The number of nitrogens with zero attached hydrogens (tertiary/aromatic N) is 1. The molecule has 1 aliphatic rings. The maximum Gasteiger partial charge on any atom is 0.241 e. The summed E-state index contributed by atoms with van der Waals surface area (Å²) in [5, 5.41) is 10.4. The summed E-state index contributed by atoms with van der Waals surface area (Å²) in [7, 11) is 1.54. The topological polar surface area (TPSA) is 75.8 Å². The summed E-state index contributed by atoms with van der Waals surface area (Å²) in [4.78, 5) is 13.9. The van der Waals surface area contributed by atoms with E-state index in [1.165, 1.54) is 7.11 Å². The third kappa shape index (κ3) is 4.03. The van der Waals surface area contributed by atoms with E-state index in [-0.39, 0.29) is 18.4 Å². The van der Waals surface area contributed by atoms with Crippen LogP contribution in [0, 0.1) is 5.92 Å². The molecule has 2 rings (SSSR count). The Hall–Kier alpha value is -1.43. The number of rotatable bonds is 5. The average Bonchev–Trinajstić information content (AvgIpc) is 2.54. The number of piperidine rings is 1. The summed E-state index contributed by atoms with van der Waals surface area (Å²) in [6.07, 6.45) is 1.12. The van der Waals surface area contributed by atoms with Gasteiger partial charge < -0.3 is 20.5 Å². The van der Waals surface area contributed by atoms with E-state index in [1.807, 2.05) is 30.3 Å². The maximum atomic E-state index is 12.1. The number of carbonyl (C=O) groups excluding carboxylic acids is 1. The fraction of sp³-hybridized carbons (Fsp3) is 0.562. The standard InChI is InChI=1S/C16H24N2O3/c1-21-11-14(17)16(20)18-9-7-13(8-10-18)15(19)12-5-3-2-4-6-12/h2-6,13-15,19H,7-11,17H2,1H3. The van der Waals surface area contributed by atoms with Crippen molar-refractivity contribution in [2.75, 3.05) is 26.8 Å². The summed E-state index contributed by atoms with van der Waals surface area (Å²) >= 11 is 0. The molecule has 5 nitrogen and oxygen atoms in total. The molecule has 0 bridgehead atoms. The van der Waals surface area contributed by atoms with Gasteiger partial charge in [-0.3, -0.25) is 4.79 Å². The first-order chi connectivity index (χ1) is 10.1. The van der Waals surface area contributed by atoms with E-state index in [0.29, 0.717) is 13.1 Å². The van der Waals surface area contributed by atoms with Crippen molar-refractivity contribution in [2.45, 2.75) is 25.0 Å². The van der Waals surface area contributed by atoms with Crippen LogP contribution in [0.3, 0.4) is 0 Å². The van der Waals surface area contributed by atoms with Crippen molar-refractivity contribution in [1.29, 1.82) is 0 Å². The van der Waals surface area contributed by atoms with Crippen LogP contribution in [0.1, 0.15) is 24.5 Å². The SMILES string of the molecule is COCC(N)C(=O)N1CCC(C(O)c2ccccc2)CC1. The third-order valence-electron chi connectivity index (χ3n) is 4.10. The zero-order valence-electron chi connectivity index (χ0n) is 12.4. The minimum atomic E-state index is -0.592. The van der Waals surface area contributed by atoms with Crippen LogP contribution < -0.4 is 5.73 Å². The Morgan fingerprint density at radius 1 is 1.38 bits per heavy atom. The summed E-state index contributed by atoms with van der Waals surface area (Å²) in [6.45, 7) is 1.53. The minimum Gasteiger partial charge on any atom is -0.388 e. The lowest BCUT2D eigenvalue weighted by molar-refractivity contribution is -0.135. The molecule has 1 amide bonds.